The van der Waals surface area contributed by atoms with Crippen molar-refractivity contribution in [1.82, 2.24) is 5.43 Å². The van der Waals surface area contributed by atoms with Crippen molar-refractivity contribution in [2.24, 2.45) is 5.10 Å². The van der Waals surface area contributed by atoms with Gasteiger partial charge in [-0.3, -0.25) is 4.79 Å². The van der Waals surface area contributed by atoms with Gasteiger partial charge in [0.25, 0.3) is 5.91 Å². The number of benzene rings is 2. The van der Waals surface area contributed by atoms with E-state index in [1.54, 1.807) is 49.4 Å². The molecule has 3 aromatic rings. The normalized spacial score (nSPS) is 11.4. The first-order valence-corrected chi connectivity index (χ1v) is 7.08. The predicted octanol–water partition coefficient (Wildman–Crippen LogP) is 2.95. The van der Waals surface area contributed by atoms with Gasteiger partial charge in [-0.15, -0.1) is 0 Å². The van der Waals surface area contributed by atoms with Crippen molar-refractivity contribution in [2.75, 3.05) is 0 Å². The van der Waals surface area contributed by atoms with Gasteiger partial charge in [-0.05, 0) is 31.2 Å². The third-order valence-corrected chi connectivity index (χ3v) is 3.39. The molecule has 0 aliphatic rings. The van der Waals surface area contributed by atoms with E-state index in [9.17, 15) is 9.59 Å². The second-order valence-corrected chi connectivity index (χ2v) is 4.99. The maximum absolute atomic E-state index is 12.0. The molecule has 1 amide bonds. The Bertz CT molecular complexity index is 943. The fraction of sp³-hybridized carbons (Fsp3) is 0.0556. The van der Waals surface area contributed by atoms with Crippen molar-refractivity contribution >= 4 is 22.6 Å². The summed E-state index contributed by atoms with van der Waals surface area (Å²) in [6.45, 7) is 1.65. The second kappa shape index (κ2) is 6.27. The Balaban J connectivity index is 1.88. The monoisotopic (exact) mass is 306 g/mol. The minimum absolute atomic E-state index is 0.317. The van der Waals surface area contributed by atoms with E-state index < -0.39 is 5.63 Å². The van der Waals surface area contributed by atoms with Crippen LogP contribution < -0.4 is 11.1 Å². The van der Waals surface area contributed by atoms with Crippen LogP contribution >= 0.6 is 0 Å². The van der Waals surface area contributed by atoms with Gasteiger partial charge < -0.3 is 4.42 Å². The van der Waals surface area contributed by atoms with Crippen LogP contribution in [0.3, 0.4) is 0 Å². The molecule has 5 nitrogen and oxygen atoms in total. The lowest BCUT2D eigenvalue weighted by molar-refractivity contribution is 0.0955. The number of nitrogens with zero attached hydrogens (tertiary/aromatic N) is 1. The Morgan fingerprint density at radius 3 is 2.52 bits per heavy atom. The summed E-state index contributed by atoms with van der Waals surface area (Å²) in [7, 11) is 0. The van der Waals surface area contributed by atoms with Gasteiger partial charge in [0, 0.05) is 10.9 Å². The summed E-state index contributed by atoms with van der Waals surface area (Å²) in [6, 6.07) is 17.7. The van der Waals surface area contributed by atoms with Gasteiger partial charge in [-0.2, -0.15) is 5.10 Å². The largest absolute Gasteiger partial charge is 0.422 e. The maximum Gasteiger partial charge on any atom is 0.345 e. The fourth-order valence-electron chi connectivity index (χ4n) is 2.16. The smallest absolute Gasteiger partial charge is 0.345 e. The second-order valence-electron chi connectivity index (χ2n) is 4.99. The maximum atomic E-state index is 12.0. The number of nitrogens with one attached hydrogen (secondary N) is 1. The van der Waals surface area contributed by atoms with Crippen molar-refractivity contribution in [3.63, 3.8) is 0 Å². The van der Waals surface area contributed by atoms with Gasteiger partial charge in [-0.1, -0.05) is 36.4 Å². The van der Waals surface area contributed by atoms with E-state index in [4.69, 9.17) is 4.42 Å². The number of hydrogen-bond acceptors (Lipinski definition) is 4. The molecule has 3 rings (SSSR count). The molecule has 0 unspecified atom stereocenters. The molecule has 0 spiro atoms. The van der Waals surface area contributed by atoms with Crippen LogP contribution in [0.2, 0.25) is 0 Å². The van der Waals surface area contributed by atoms with Crippen LogP contribution in [0.4, 0.5) is 0 Å². The quantitative estimate of drug-likeness (QED) is 0.459. The summed E-state index contributed by atoms with van der Waals surface area (Å²) < 4.78 is 5.26. The number of carbonyl (C=O) groups is 1. The zero-order valence-corrected chi connectivity index (χ0v) is 12.4. The minimum atomic E-state index is -0.487. The van der Waals surface area contributed by atoms with Crippen LogP contribution in [-0.2, 0) is 0 Å². The molecule has 0 fully saturated rings. The zero-order chi connectivity index (χ0) is 16.2. The third kappa shape index (κ3) is 3.18. The molecular formula is C18H14N2O3. The number of rotatable bonds is 3. The summed E-state index contributed by atoms with van der Waals surface area (Å²) in [5.41, 5.74) is 3.66. The van der Waals surface area contributed by atoms with Crippen molar-refractivity contribution in [2.45, 2.75) is 6.92 Å². The van der Waals surface area contributed by atoms with Gasteiger partial charge in [0.15, 0.2) is 0 Å². The molecule has 2 aromatic carbocycles. The number of hydrogen-bond donors (Lipinski definition) is 1. The molecule has 0 radical (unpaired) electrons. The standard InChI is InChI=1S/C18H14N2O3/c1-12(19-20-17(21)13-7-3-2-4-8-13)15-11-14-9-5-6-10-16(14)23-18(15)22/h2-11H,1H3,(H,20,21)/b19-12+. The average molecular weight is 306 g/mol. The topological polar surface area (TPSA) is 71.7 Å². The molecule has 1 aromatic heterocycles. The Kier molecular flexibility index (Phi) is 4.01. The van der Waals surface area contributed by atoms with E-state index in [0.29, 0.717) is 22.4 Å². The van der Waals surface area contributed by atoms with Gasteiger partial charge >= 0.3 is 5.63 Å². The van der Waals surface area contributed by atoms with Crippen LogP contribution in [0.15, 0.2) is 75.0 Å². The lowest BCUT2D eigenvalue weighted by Gasteiger charge is -2.03. The summed E-state index contributed by atoms with van der Waals surface area (Å²) in [5, 5.41) is 4.79. The lowest BCUT2D eigenvalue weighted by atomic mass is 10.1. The molecule has 23 heavy (non-hydrogen) atoms. The SMILES string of the molecule is C/C(=N\NC(=O)c1ccccc1)c1cc2ccccc2oc1=O. The van der Waals surface area contributed by atoms with E-state index in [2.05, 4.69) is 10.5 Å². The summed E-state index contributed by atoms with van der Waals surface area (Å²) in [6.07, 6.45) is 0. The number of fused-ring (bicyclic) bond motifs is 1. The molecule has 0 aliphatic carbocycles. The Hall–Kier alpha value is -3.21. The highest BCUT2D eigenvalue weighted by Crippen LogP contribution is 2.13. The molecule has 0 bridgehead atoms. The highest BCUT2D eigenvalue weighted by Gasteiger charge is 2.09. The highest BCUT2D eigenvalue weighted by atomic mass is 16.4. The zero-order valence-electron chi connectivity index (χ0n) is 12.4. The number of carbonyl (C=O) groups excluding carboxylic acids is 1. The van der Waals surface area contributed by atoms with Crippen LogP contribution in [0.1, 0.15) is 22.8 Å². The van der Waals surface area contributed by atoms with Crippen LogP contribution in [0.25, 0.3) is 11.0 Å². The summed E-state index contributed by atoms with van der Waals surface area (Å²) in [5.74, 6) is -0.338. The molecule has 5 heteroatoms. The van der Waals surface area contributed by atoms with Crippen molar-refractivity contribution < 1.29 is 9.21 Å². The van der Waals surface area contributed by atoms with Crippen molar-refractivity contribution in [3.8, 4) is 0 Å². The molecule has 0 saturated heterocycles. The number of hydrazone groups is 1. The van der Waals surface area contributed by atoms with Crippen LogP contribution in [0, 0.1) is 0 Å². The molecule has 0 saturated carbocycles. The van der Waals surface area contributed by atoms with E-state index in [1.807, 2.05) is 18.2 Å². The van der Waals surface area contributed by atoms with E-state index in [1.165, 1.54) is 0 Å². The first kappa shape index (κ1) is 14.7. The van der Waals surface area contributed by atoms with E-state index in [-0.39, 0.29) is 5.91 Å². The highest BCUT2D eigenvalue weighted by molar-refractivity contribution is 6.02. The van der Waals surface area contributed by atoms with Crippen molar-refractivity contribution in [1.29, 1.82) is 0 Å². The van der Waals surface area contributed by atoms with Gasteiger partial charge in [0.2, 0.25) is 0 Å². The fourth-order valence-corrected chi connectivity index (χ4v) is 2.16. The van der Waals surface area contributed by atoms with E-state index >= 15 is 0 Å². The van der Waals surface area contributed by atoms with Crippen molar-refractivity contribution in [3.05, 3.63) is 82.2 Å². The molecule has 0 atom stereocenters. The average Bonchev–Trinajstić information content (AvgIpc) is 2.59. The van der Waals surface area contributed by atoms with Crippen LogP contribution in [0.5, 0.6) is 0 Å². The molecule has 0 aliphatic heterocycles. The first-order chi connectivity index (χ1) is 11.1. The van der Waals surface area contributed by atoms with Crippen LogP contribution in [-0.4, -0.2) is 11.6 Å². The molecule has 1 heterocycles. The molecule has 114 valence electrons. The Morgan fingerprint density at radius 2 is 1.74 bits per heavy atom. The third-order valence-electron chi connectivity index (χ3n) is 3.39. The predicted molar refractivity (Wildman–Crippen MR) is 88.6 cm³/mol. The summed E-state index contributed by atoms with van der Waals surface area (Å²) in [4.78, 5) is 24.0. The number of amides is 1. The van der Waals surface area contributed by atoms with Gasteiger partial charge in [-0.25, -0.2) is 10.2 Å². The lowest BCUT2D eigenvalue weighted by Crippen LogP contribution is -2.21. The van der Waals surface area contributed by atoms with Gasteiger partial charge in [0.1, 0.15) is 5.58 Å². The van der Waals surface area contributed by atoms with E-state index in [0.717, 1.165) is 5.39 Å². The minimum Gasteiger partial charge on any atom is -0.422 e. The first-order valence-electron chi connectivity index (χ1n) is 7.08. The Labute approximate surface area is 132 Å². The molecule has 1 N–H and O–H groups in total. The van der Waals surface area contributed by atoms with Gasteiger partial charge in [0.05, 0.1) is 11.3 Å². The Morgan fingerprint density at radius 1 is 1.04 bits per heavy atom. The summed E-state index contributed by atoms with van der Waals surface area (Å²) >= 11 is 0. The number of para-hydroxylation sites is 1. The molecular weight excluding hydrogens is 292 g/mol.